The zero-order chi connectivity index (χ0) is 21.3. The number of carboxylic acids is 1. The number of alkyl carbamates (subject to hydrolysis) is 1. The van der Waals surface area contributed by atoms with Crippen LogP contribution in [-0.4, -0.2) is 53.2 Å². The average Bonchev–Trinajstić information content (AvgIpc) is 3.31. The molecule has 1 aliphatic carbocycles. The normalized spacial score (nSPS) is 19.8. The Labute approximate surface area is 174 Å². The molecule has 2 aromatic carbocycles. The second kappa shape index (κ2) is 8.18. The minimum absolute atomic E-state index is 0.0448. The Morgan fingerprint density at radius 3 is 2.23 bits per heavy atom. The maximum atomic E-state index is 12.4. The minimum atomic E-state index is -1.06. The van der Waals surface area contributed by atoms with E-state index in [9.17, 15) is 19.5 Å². The van der Waals surface area contributed by atoms with Crippen molar-refractivity contribution >= 4 is 18.0 Å². The maximum Gasteiger partial charge on any atom is 0.407 e. The van der Waals surface area contributed by atoms with E-state index < -0.39 is 24.1 Å². The molecule has 0 saturated carbocycles. The first kappa shape index (κ1) is 19.9. The minimum Gasteiger partial charge on any atom is -0.480 e. The van der Waals surface area contributed by atoms with Gasteiger partial charge in [0, 0.05) is 25.3 Å². The van der Waals surface area contributed by atoms with Gasteiger partial charge in [-0.2, -0.15) is 0 Å². The van der Waals surface area contributed by atoms with Gasteiger partial charge in [-0.1, -0.05) is 55.5 Å². The molecule has 2 atom stereocenters. The first-order valence-corrected chi connectivity index (χ1v) is 10.1. The molecule has 2 aromatic rings. The van der Waals surface area contributed by atoms with Gasteiger partial charge in [0.15, 0.2) is 0 Å². The number of amides is 2. The first-order valence-electron chi connectivity index (χ1n) is 10.1. The zero-order valence-corrected chi connectivity index (χ0v) is 16.7. The van der Waals surface area contributed by atoms with E-state index in [1.807, 2.05) is 36.4 Å². The third kappa shape index (κ3) is 3.63. The van der Waals surface area contributed by atoms with E-state index in [0.717, 1.165) is 22.3 Å². The number of rotatable bonds is 5. The molecule has 7 heteroatoms. The Hall–Kier alpha value is -3.35. The summed E-state index contributed by atoms with van der Waals surface area (Å²) in [6, 6.07) is 14.8. The van der Waals surface area contributed by atoms with Gasteiger partial charge in [-0.05, 0) is 22.3 Å². The van der Waals surface area contributed by atoms with Gasteiger partial charge < -0.3 is 20.1 Å². The molecule has 30 heavy (non-hydrogen) atoms. The Kier molecular flexibility index (Phi) is 5.44. The topological polar surface area (TPSA) is 95.9 Å². The Morgan fingerprint density at radius 2 is 1.67 bits per heavy atom. The summed E-state index contributed by atoms with van der Waals surface area (Å²) in [5.74, 6) is -1.34. The molecule has 0 spiro atoms. The summed E-state index contributed by atoms with van der Waals surface area (Å²) < 4.78 is 5.52. The first-order chi connectivity index (χ1) is 14.5. The molecule has 0 bridgehead atoms. The maximum absolute atomic E-state index is 12.4. The van der Waals surface area contributed by atoms with Crippen LogP contribution in [-0.2, 0) is 14.3 Å². The number of fused-ring (bicyclic) bond motifs is 3. The SMILES string of the molecule is CCC(=O)N1C[C@H](NC(=O)OCC2c3ccccc3-c3ccccc32)C[C@H]1C(=O)O. The fraction of sp³-hybridized carbons (Fsp3) is 0.348. The average molecular weight is 408 g/mol. The van der Waals surface area contributed by atoms with Crippen LogP contribution < -0.4 is 5.32 Å². The molecule has 7 nitrogen and oxygen atoms in total. The summed E-state index contributed by atoms with van der Waals surface area (Å²) in [7, 11) is 0. The van der Waals surface area contributed by atoms with E-state index in [-0.39, 0.29) is 37.8 Å². The van der Waals surface area contributed by atoms with Gasteiger partial charge >= 0.3 is 12.1 Å². The molecule has 1 heterocycles. The molecular weight excluding hydrogens is 384 g/mol. The number of likely N-dealkylation sites (tertiary alicyclic amines) is 1. The van der Waals surface area contributed by atoms with Gasteiger partial charge in [-0.25, -0.2) is 9.59 Å². The quantitative estimate of drug-likeness (QED) is 0.793. The van der Waals surface area contributed by atoms with Crippen LogP contribution in [0, 0.1) is 0 Å². The van der Waals surface area contributed by atoms with Crippen LogP contribution in [0.25, 0.3) is 11.1 Å². The number of benzene rings is 2. The van der Waals surface area contributed by atoms with Gasteiger partial charge in [0.2, 0.25) is 5.91 Å². The van der Waals surface area contributed by atoms with Crippen molar-refractivity contribution in [3.8, 4) is 11.1 Å². The number of hydrogen-bond acceptors (Lipinski definition) is 4. The molecule has 0 unspecified atom stereocenters. The standard InChI is InChI=1S/C23H24N2O5/c1-2-21(26)25-12-14(11-20(25)22(27)28)24-23(29)30-13-19-17-9-5-3-7-15(17)16-8-4-6-10-18(16)19/h3-10,14,19-20H,2,11-13H2,1H3,(H,24,29)(H,27,28)/t14-,20+/m1/s1. The Bertz CT molecular complexity index is 944. The van der Waals surface area contributed by atoms with Crippen LogP contribution in [0.3, 0.4) is 0 Å². The van der Waals surface area contributed by atoms with Crippen LogP contribution in [0.1, 0.15) is 36.8 Å². The van der Waals surface area contributed by atoms with Gasteiger partial charge in [0.1, 0.15) is 12.6 Å². The van der Waals surface area contributed by atoms with Gasteiger partial charge in [-0.15, -0.1) is 0 Å². The van der Waals surface area contributed by atoms with Gasteiger partial charge in [0.05, 0.1) is 6.04 Å². The predicted octanol–water partition coefficient (Wildman–Crippen LogP) is 2.99. The molecule has 4 rings (SSSR count). The zero-order valence-electron chi connectivity index (χ0n) is 16.7. The van der Waals surface area contributed by atoms with E-state index in [1.54, 1.807) is 6.92 Å². The molecule has 1 fully saturated rings. The van der Waals surface area contributed by atoms with Crippen LogP contribution in [0.5, 0.6) is 0 Å². The number of carbonyl (C=O) groups excluding carboxylic acids is 2. The van der Waals surface area contributed by atoms with Crippen LogP contribution in [0.4, 0.5) is 4.79 Å². The van der Waals surface area contributed by atoms with Crippen LogP contribution in [0.2, 0.25) is 0 Å². The molecular formula is C23H24N2O5. The summed E-state index contributed by atoms with van der Waals surface area (Å²) in [6.07, 6.45) is -0.205. The van der Waals surface area contributed by atoms with E-state index in [4.69, 9.17) is 4.74 Å². The molecule has 0 radical (unpaired) electrons. The van der Waals surface area contributed by atoms with Crippen molar-refractivity contribution in [1.82, 2.24) is 10.2 Å². The summed E-state index contributed by atoms with van der Waals surface area (Å²) in [5.41, 5.74) is 4.54. The Morgan fingerprint density at radius 1 is 1.07 bits per heavy atom. The van der Waals surface area contributed by atoms with Crippen molar-refractivity contribution in [1.29, 1.82) is 0 Å². The highest BCUT2D eigenvalue weighted by Crippen LogP contribution is 2.44. The lowest BCUT2D eigenvalue weighted by Crippen LogP contribution is -2.41. The van der Waals surface area contributed by atoms with Gasteiger partial charge in [-0.3, -0.25) is 4.79 Å². The lowest BCUT2D eigenvalue weighted by atomic mass is 9.98. The largest absolute Gasteiger partial charge is 0.480 e. The molecule has 2 amide bonds. The molecule has 2 aliphatic rings. The van der Waals surface area contributed by atoms with Crippen molar-refractivity contribution in [3.63, 3.8) is 0 Å². The molecule has 1 saturated heterocycles. The molecule has 1 aliphatic heterocycles. The highest BCUT2D eigenvalue weighted by atomic mass is 16.5. The number of nitrogens with zero attached hydrogens (tertiary/aromatic N) is 1. The number of aliphatic carboxylic acids is 1. The number of carboxylic acid groups (broad SMARTS) is 1. The second-order valence-corrected chi connectivity index (χ2v) is 7.66. The second-order valence-electron chi connectivity index (χ2n) is 7.66. The fourth-order valence-corrected chi connectivity index (χ4v) is 4.46. The third-order valence-corrected chi connectivity index (χ3v) is 5.87. The molecule has 156 valence electrons. The van der Waals surface area contributed by atoms with E-state index in [1.165, 1.54) is 4.90 Å². The fourth-order valence-electron chi connectivity index (χ4n) is 4.46. The van der Waals surface area contributed by atoms with Crippen molar-refractivity contribution in [2.45, 2.75) is 37.8 Å². The smallest absolute Gasteiger partial charge is 0.407 e. The lowest BCUT2D eigenvalue weighted by Gasteiger charge is -2.20. The van der Waals surface area contributed by atoms with Crippen molar-refractivity contribution in [3.05, 3.63) is 59.7 Å². The van der Waals surface area contributed by atoms with Crippen molar-refractivity contribution in [2.24, 2.45) is 0 Å². The Balaban J connectivity index is 1.40. The third-order valence-electron chi connectivity index (χ3n) is 5.87. The summed E-state index contributed by atoms with van der Waals surface area (Å²) in [5, 5.41) is 12.1. The van der Waals surface area contributed by atoms with E-state index in [2.05, 4.69) is 17.4 Å². The van der Waals surface area contributed by atoms with Gasteiger partial charge in [0.25, 0.3) is 0 Å². The number of carbonyl (C=O) groups is 3. The monoisotopic (exact) mass is 408 g/mol. The van der Waals surface area contributed by atoms with Crippen LogP contribution in [0.15, 0.2) is 48.5 Å². The van der Waals surface area contributed by atoms with E-state index in [0.29, 0.717) is 0 Å². The van der Waals surface area contributed by atoms with Crippen LogP contribution >= 0.6 is 0 Å². The summed E-state index contributed by atoms with van der Waals surface area (Å²) in [6.45, 7) is 2.05. The summed E-state index contributed by atoms with van der Waals surface area (Å²) >= 11 is 0. The number of nitrogens with one attached hydrogen (secondary N) is 1. The lowest BCUT2D eigenvalue weighted by molar-refractivity contribution is -0.148. The van der Waals surface area contributed by atoms with E-state index >= 15 is 0 Å². The molecule has 0 aromatic heterocycles. The van der Waals surface area contributed by atoms with Crippen molar-refractivity contribution in [2.75, 3.05) is 13.2 Å². The summed E-state index contributed by atoms with van der Waals surface area (Å²) in [4.78, 5) is 37.2. The number of hydrogen-bond donors (Lipinski definition) is 2. The highest BCUT2D eigenvalue weighted by Gasteiger charge is 2.40. The number of ether oxygens (including phenoxy) is 1. The molecule has 2 N–H and O–H groups in total. The van der Waals surface area contributed by atoms with Crippen molar-refractivity contribution < 1.29 is 24.2 Å². The highest BCUT2D eigenvalue weighted by molar-refractivity contribution is 5.84. The predicted molar refractivity (Wildman–Crippen MR) is 110 cm³/mol.